The van der Waals surface area contributed by atoms with E-state index in [1.807, 2.05) is 38.2 Å². The lowest BCUT2D eigenvalue weighted by molar-refractivity contribution is -0.130. The van der Waals surface area contributed by atoms with E-state index in [9.17, 15) is 9.59 Å². The fourth-order valence-electron chi connectivity index (χ4n) is 2.87. The number of benzene rings is 1. The number of hydrogen-bond donors (Lipinski definition) is 1. The molecule has 0 bridgehead atoms. The largest absolute Gasteiger partial charge is 0.350 e. The van der Waals surface area contributed by atoms with Gasteiger partial charge in [0.2, 0.25) is 5.91 Å². The molecule has 0 saturated carbocycles. The molecular weight excluding hydrogens is 292 g/mol. The van der Waals surface area contributed by atoms with E-state index in [2.05, 4.69) is 10.4 Å². The molecule has 1 saturated heterocycles. The van der Waals surface area contributed by atoms with Crippen LogP contribution in [0.3, 0.4) is 0 Å². The summed E-state index contributed by atoms with van der Waals surface area (Å²) in [6, 6.07) is 8.50. The minimum atomic E-state index is -0.473. The van der Waals surface area contributed by atoms with Gasteiger partial charge in [0.15, 0.2) is 0 Å². The Morgan fingerprint density at radius 2 is 1.87 bits per heavy atom. The van der Waals surface area contributed by atoms with Gasteiger partial charge in [-0.1, -0.05) is 0 Å². The highest BCUT2D eigenvalue weighted by atomic mass is 16.2. The van der Waals surface area contributed by atoms with Gasteiger partial charge in [0.05, 0.1) is 5.69 Å². The van der Waals surface area contributed by atoms with Crippen molar-refractivity contribution in [3.8, 4) is 5.69 Å². The van der Waals surface area contributed by atoms with Gasteiger partial charge in [-0.15, -0.1) is 0 Å². The van der Waals surface area contributed by atoms with Crippen LogP contribution < -0.4 is 5.32 Å². The highest BCUT2D eigenvalue weighted by Crippen LogP contribution is 2.20. The van der Waals surface area contributed by atoms with Gasteiger partial charge in [-0.3, -0.25) is 9.59 Å². The van der Waals surface area contributed by atoms with E-state index in [-0.39, 0.29) is 23.9 Å². The fourth-order valence-corrected chi connectivity index (χ4v) is 2.87. The molecule has 1 fully saturated rings. The van der Waals surface area contributed by atoms with Gasteiger partial charge in [0.1, 0.15) is 6.04 Å². The first-order valence-corrected chi connectivity index (χ1v) is 7.72. The number of aromatic nitrogens is 2. The van der Waals surface area contributed by atoms with Crippen molar-refractivity contribution in [3.05, 3.63) is 48.3 Å². The maximum absolute atomic E-state index is 12.8. The van der Waals surface area contributed by atoms with Crippen molar-refractivity contribution in [2.75, 3.05) is 0 Å². The molecule has 0 radical (unpaired) electrons. The molecule has 23 heavy (non-hydrogen) atoms. The van der Waals surface area contributed by atoms with Crippen molar-refractivity contribution in [2.24, 2.45) is 0 Å². The van der Waals surface area contributed by atoms with Crippen molar-refractivity contribution in [2.45, 2.75) is 38.9 Å². The highest BCUT2D eigenvalue weighted by molar-refractivity contribution is 5.98. The van der Waals surface area contributed by atoms with Gasteiger partial charge >= 0.3 is 0 Å². The Bertz CT molecular complexity index is 709. The molecule has 120 valence electrons. The van der Waals surface area contributed by atoms with Crippen LogP contribution >= 0.6 is 0 Å². The third-order valence-corrected chi connectivity index (χ3v) is 4.45. The third-order valence-electron chi connectivity index (χ3n) is 4.45. The van der Waals surface area contributed by atoms with Gasteiger partial charge in [-0.05, 0) is 51.1 Å². The van der Waals surface area contributed by atoms with Gasteiger partial charge < -0.3 is 10.2 Å². The first-order valence-electron chi connectivity index (χ1n) is 7.72. The molecular formula is C17H20N4O2. The van der Waals surface area contributed by atoms with Gasteiger partial charge in [-0.25, -0.2) is 4.68 Å². The van der Waals surface area contributed by atoms with Gasteiger partial charge in [-0.2, -0.15) is 5.10 Å². The average molecular weight is 312 g/mol. The standard InChI is InChI=1S/C17H20N4O2/c1-11-12(2)21(13(3)16(22)19-11)17(23)14-5-7-15(8-6-14)20-10-4-9-18-20/h4-13H,1-3H3,(H,19,22). The molecule has 3 unspecified atom stereocenters. The number of hydrogen-bond acceptors (Lipinski definition) is 3. The smallest absolute Gasteiger partial charge is 0.254 e. The number of rotatable bonds is 2. The molecule has 2 heterocycles. The Kier molecular flexibility index (Phi) is 3.90. The molecule has 1 aromatic carbocycles. The molecule has 1 aromatic heterocycles. The first-order chi connectivity index (χ1) is 11.0. The monoisotopic (exact) mass is 312 g/mol. The summed E-state index contributed by atoms with van der Waals surface area (Å²) in [5.41, 5.74) is 1.46. The highest BCUT2D eigenvalue weighted by Gasteiger charge is 2.38. The molecule has 1 aliphatic rings. The van der Waals surface area contributed by atoms with E-state index in [0.717, 1.165) is 5.69 Å². The van der Waals surface area contributed by atoms with E-state index in [0.29, 0.717) is 5.56 Å². The average Bonchev–Trinajstić information content (AvgIpc) is 3.08. The SMILES string of the molecule is CC1NC(=O)C(C)N(C(=O)c2ccc(-n3cccn3)cc2)C1C. The summed E-state index contributed by atoms with van der Waals surface area (Å²) in [5.74, 6) is -0.240. The Labute approximate surface area is 135 Å². The molecule has 6 nitrogen and oxygen atoms in total. The van der Waals surface area contributed by atoms with Crippen molar-refractivity contribution in [1.82, 2.24) is 20.0 Å². The molecule has 0 spiro atoms. The summed E-state index contributed by atoms with van der Waals surface area (Å²) in [6.07, 6.45) is 3.55. The number of carbonyl (C=O) groups is 2. The topological polar surface area (TPSA) is 67.2 Å². The maximum atomic E-state index is 12.8. The quantitative estimate of drug-likeness (QED) is 0.916. The summed E-state index contributed by atoms with van der Waals surface area (Å²) < 4.78 is 1.73. The lowest BCUT2D eigenvalue weighted by atomic mass is 10.0. The van der Waals surface area contributed by atoms with Crippen LogP contribution in [0.2, 0.25) is 0 Å². The van der Waals surface area contributed by atoms with E-state index >= 15 is 0 Å². The third kappa shape index (κ3) is 2.72. The zero-order valence-electron chi connectivity index (χ0n) is 13.4. The lowest BCUT2D eigenvalue weighted by Crippen LogP contribution is -2.64. The van der Waals surface area contributed by atoms with Crippen molar-refractivity contribution in [1.29, 1.82) is 0 Å². The molecule has 0 aliphatic carbocycles. The summed E-state index contributed by atoms with van der Waals surface area (Å²) in [6.45, 7) is 5.62. The Morgan fingerprint density at radius 1 is 1.17 bits per heavy atom. The zero-order chi connectivity index (χ0) is 16.6. The normalized spacial score (nSPS) is 24.4. The van der Waals surface area contributed by atoms with Crippen LogP contribution in [0.15, 0.2) is 42.7 Å². The van der Waals surface area contributed by atoms with Crippen molar-refractivity contribution in [3.63, 3.8) is 0 Å². The second-order valence-electron chi connectivity index (χ2n) is 5.92. The van der Waals surface area contributed by atoms with Crippen LogP contribution in [-0.4, -0.2) is 44.6 Å². The summed E-state index contributed by atoms with van der Waals surface area (Å²) >= 11 is 0. The van der Waals surface area contributed by atoms with Gasteiger partial charge in [0, 0.05) is 30.0 Å². The van der Waals surface area contributed by atoms with Crippen LogP contribution in [0.25, 0.3) is 5.69 Å². The van der Waals surface area contributed by atoms with Crippen LogP contribution in [0.5, 0.6) is 0 Å². The molecule has 2 aromatic rings. The zero-order valence-corrected chi connectivity index (χ0v) is 13.4. The molecule has 2 amide bonds. The molecule has 3 atom stereocenters. The Balaban J connectivity index is 1.86. The molecule has 1 aliphatic heterocycles. The summed E-state index contributed by atoms with van der Waals surface area (Å²) in [5, 5.41) is 7.06. The van der Waals surface area contributed by atoms with E-state index in [1.54, 1.807) is 34.8 Å². The second kappa shape index (κ2) is 5.87. The lowest BCUT2D eigenvalue weighted by Gasteiger charge is -2.42. The summed E-state index contributed by atoms with van der Waals surface area (Å²) in [7, 11) is 0. The minimum Gasteiger partial charge on any atom is -0.350 e. The van der Waals surface area contributed by atoms with Crippen LogP contribution in [-0.2, 0) is 4.79 Å². The van der Waals surface area contributed by atoms with Crippen molar-refractivity contribution >= 4 is 11.8 Å². The summed E-state index contributed by atoms with van der Waals surface area (Å²) in [4.78, 5) is 26.5. The van der Waals surface area contributed by atoms with E-state index in [1.165, 1.54) is 0 Å². The van der Waals surface area contributed by atoms with Crippen LogP contribution in [0.1, 0.15) is 31.1 Å². The van der Waals surface area contributed by atoms with Crippen LogP contribution in [0, 0.1) is 0 Å². The predicted octanol–water partition coefficient (Wildman–Crippen LogP) is 1.61. The Morgan fingerprint density at radius 3 is 2.48 bits per heavy atom. The first kappa shape index (κ1) is 15.3. The molecule has 3 rings (SSSR count). The van der Waals surface area contributed by atoms with E-state index in [4.69, 9.17) is 0 Å². The number of piperazine rings is 1. The van der Waals surface area contributed by atoms with Crippen molar-refractivity contribution < 1.29 is 9.59 Å². The number of amides is 2. The molecule has 1 N–H and O–H groups in total. The Hall–Kier alpha value is -2.63. The minimum absolute atomic E-state index is 0.0546. The number of carbonyl (C=O) groups excluding carboxylic acids is 2. The predicted molar refractivity (Wildman–Crippen MR) is 86.3 cm³/mol. The maximum Gasteiger partial charge on any atom is 0.254 e. The van der Waals surface area contributed by atoms with Gasteiger partial charge in [0.25, 0.3) is 5.91 Å². The number of nitrogens with zero attached hydrogens (tertiary/aromatic N) is 3. The molecule has 6 heteroatoms. The van der Waals surface area contributed by atoms with Crippen LogP contribution in [0.4, 0.5) is 0 Å². The van der Waals surface area contributed by atoms with E-state index < -0.39 is 6.04 Å². The number of nitrogens with one attached hydrogen (secondary N) is 1. The fraction of sp³-hybridized carbons (Fsp3) is 0.353. The second-order valence-corrected chi connectivity index (χ2v) is 5.92.